The van der Waals surface area contributed by atoms with E-state index in [0.717, 1.165) is 61.5 Å². The molecular formula is C45H30N6. The third-order valence-corrected chi connectivity index (χ3v) is 9.66. The third-order valence-electron chi connectivity index (χ3n) is 9.66. The van der Waals surface area contributed by atoms with Crippen molar-refractivity contribution in [2.24, 2.45) is 0 Å². The zero-order chi connectivity index (χ0) is 34.6. The molecule has 0 saturated heterocycles. The Morgan fingerprint density at radius 2 is 0.863 bits per heavy atom. The van der Waals surface area contributed by atoms with Gasteiger partial charge in [-0.25, -0.2) is 4.98 Å². The van der Waals surface area contributed by atoms with Crippen molar-refractivity contribution in [3.8, 4) is 23.8 Å². The Labute approximate surface area is 294 Å². The second-order valence-electron chi connectivity index (χ2n) is 12.9. The Kier molecular flexibility index (Phi) is 6.91. The Hall–Kier alpha value is -7.15. The number of hydrogen-bond donors (Lipinski definition) is 0. The van der Waals surface area contributed by atoms with Crippen LogP contribution in [-0.4, -0.2) is 14.1 Å². The van der Waals surface area contributed by atoms with Gasteiger partial charge in [-0.1, -0.05) is 59.7 Å². The molecule has 3 heterocycles. The molecule has 9 rings (SSSR count). The number of pyridine rings is 1. The summed E-state index contributed by atoms with van der Waals surface area (Å²) in [6.45, 7) is 4.26. The Morgan fingerprint density at radius 3 is 1.29 bits per heavy atom. The van der Waals surface area contributed by atoms with Crippen LogP contribution >= 0.6 is 0 Å². The van der Waals surface area contributed by atoms with Gasteiger partial charge >= 0.3 is 0 Å². The van der Waals surface area contributed by atoms with Crippen molar-refractivity contribution in [2.45, 2.75) is 13.8 Å². The van der Waals surface area contributed by atoms with Gasteiger partial charge < -0.3 is 4.90 Å². The summed E-state index contributed by atoms with van der Waals surface area (Å²) in [7, 11) is 0. The van der Waals surface area contributed by atoms with Crippen molar-refractivity contribution in [3.63, 3.8) is 0 Å². The van der Waals surface area contributed by atoms with Crippen LogP contribution in [-0.2, 0) is 0 Å². The summed E-state index contributed by atoms with van der Waals surface area (Å²) in [5, 5.41) is 23.9. The van der Waals surface area contributed by atoms with E-state index in [-0.39, 0.29) is 0 Å². The SMILES string of the molecule is Cc1ccc2c(c1)c1cc(C)ccc1n2-c1cc(N(c2ccc(C#N)cc2)c2ccc(C#N)cc2)cc(-n2c3ccccc3c3ccccc32)n1. The first-order valence-electron chi connectivity index (χ1n) is 16.8. The maximum Gasteiger partial charge on any atom is 0.142 e. The average Bonchev–Trinajstić information content (AvgIpc) is 3.67. The molecule has 0 saturated carbocycles. The number of nitrogens with zero attached hydrogens (tertiary/aromatic N) is 6. The standard InChI is InChI=1S/C45H30N6/c1-29-11-21-42-38(23-29)39-24-30(2)12-22-43(39)51(42)45-26-35(49(33-17-13-31(27-46)14-18-33)34-19-15-32(28-47)16-20-34)25-44(48-45)50-40-9-5-3-7-36(40)37-8-4-6-10-41(37)50/h3-26H,1-2H3. The van der Waals surface area contributed by atoms with E-state index in [4.69, 9.17) is 4.98 Å². The summed E-state index contributed by atoms with van der Waals surface area (Å²) >= 11 is 0. The van der Waals surface area contributed by atoms with Crippen LogP contribution in [0.4, 0.5) is 17.1 Å². The maximum atomic E-state index is 9.62. The first-order chi connectivity index (χ1) is 25.0. The van der Waals surface area contributed by atoms with Crippen LogP contribution in [0.3, 0.4) is 0 Å². The van der Waals surface area contributed by atoms with Crippen molar-refractivity contribution in [1.82, 2.24) is 14.1 Å². The number of benzene rings is 6. The van der Waals surface area contributed by atoms with Crippen LogP contribution in [0.1, 0.15) is 22.3 Å². The monoisotopic (exact) mass is 654 g/mol. The molecule has 6 heteroatoms. The molecule has 0 amide bonds. The van der Waals surface area contributed by atoms with Gasteiger partial charge in [0.25, 0.3) is 0 Å². The number of hydrogen-bond acceptors (Lipinski definition) is 4. The number of nitriles is 2. The van der Waals surface area contributed by atoms with Gasteiger partial charge in [-0.2, -0.15) is 10.5 Å². The molecular weight excluding hydrogens is 625 g/mol. The first kappa shape index (κ1) is 29.9. The highest BCUT2D eigenvalue weighted by atomic mass is 15.2. The Morgan fingerprint density at radius 1 is 0.451 bits per heavy atom. The maximum absolute atomic E-state index is 9.62. The fourth-order valence-electron chi connectivity index (χ4n) is 7.33. The number of para-hydroxylation sites is 2. The summed E-state index contributed by atoms with van der Waals surface area (Å²) in [4.78, 5) is 7.66. The van der Waals surface area contributed by atoms with Crippen molar-refractivity contribution in [2.75, 3.05) is 4.90 Å². The van der Waals surface area contributed by atoms with Crippen LogP contribution in [0, 0.1) is 36.5 Å². The van der Waals surface area contributed by atoms with Gasteiger partial charge in [-0.15, -0.1) is 0 Å². The molecule has 0 unspecified atom stereocenters. The molecule has 0 N–H and O–H groups in total. The lowest BCUT2D eigenvalue weighted by Crippen LogP contribution is -2.13. The van der Waals surface area contributed by atoms with Gasteiger partial charge in [0.2, 0.25) is 0 Å². The molecule has 0 bridgehead atoms. The smallest absolute Gasteiger partial charge is 0.142 e. The fraction of sp³-hybridized carbons (Fsp3) is 0.0444. The summed E-state index contributed by atoms with van der Waals surface area (Å²) in [5.41, 5.74) is 10.4. The van der Waals surface area contributed by atoms with Gasteiger partial charge in [0, 0.05) is 45.1 Å². The van der Waals surface area contributed by atoms with E-state index in [1.165, 1.54) is 21.9 Å². The Bertz CT molecular complexity index is 2730. The van der Waals surface area contributed by atoms with E-state index in [1.807, 2.05) is 48.5 Å². The molecule has 240 valence electrons. The lowest BCUT2D eigenvalue weighted by Gasteiger charge is -2.27. The van der Waals surface area contributed by atoms with Gasteiger partial charge in [-0.05, 0) is 98.8 Å². The summed E-state index contributed by atoms with van der Waals surface area (Å²) < 4.78 is 4.51. The minimum atomic E-state index is 0.579. The van der Waals surface area contributed by atoms with E-state index in [0.29, 0.717) is 11.1 Å². The molecule has 3 aromatic heterocycles. The van der Waals surface area contributed by atoms with Crippen LogP contribution < -0.4 is 4.90 Å². The van der Waals surface area contributed by atoms with E-state index < -0.39 is 0 Å². The topological polar surface area (TPSA) is 73.6 Å². The number of rotatable bonds is 5. The van der Waals surface area contributed by atoms with Crippen molar-refractivity contribution in [3.05, 3.63) is 168 Å². The highest BCUT2D eigenvalue weighted by Crippen LogP contribution is 2.40. The van der Waals surface area contributed by atoms with Crippen LogP contribution in [0.5, 0.6) is 0 Å². The molecule has 9 aromatic rings. The predicted octanol–water partition coefficient (Wildman–Crippen LogP) is 11.1. The lowest BCUT2D eigenvalue weighted by molar-refractivity contribution is 1.01. The second kappa shape index (κ2) is 11.8. The number of aromatic nitrogens is 3. The highest BCUT2D eigenvalue weighted by Gasteiger charge is 2.21. The van der Waals surface area contributed by atoms with E-state index in [2.05, 4.69) is 137 Å². The van der Waals surface area contributed by atoms with Crippen LogP contribution in [0.15, 0.2) is 146 Å². The molecule has 6 nitrogen and oxygen atoms in total. The Balaban J connectivity index is 1.40. The van der Waals surface area contributed by atoms with Gasteiger partial charge in [0.05, 0.1) is 51.0 Å². The largest absolute Gasteiger partial charge is 0.310 e. The molecule has 0 spiro atoms. The molecule has 0 atom stereocenters. The average molecular weight is 655 g/mol. The quantitative estimate of drug-likeness (QED) is 0.185. The summed E-state index contributed by atoms with van der Waals surface area (Å²) in [6.07, 6.45) is 0. The lowest BCUT2D eigenvalue weighted by atomic mass is 10.1. The zero-order valence-corrected chi connectivity index (χ0v) is 28.0. The van der Waals surface area contributed by atoms with Gasteiger partial charge in [-0.3, -0.25) is 9.13 Å². The van der Waals surface area contributed by atoms with Gasteiger partial charge in [0.1, 0.15) is 11.6 Å². The number of anilines is 3. The van der Waals surface area contributed by atoms with Crippen LogP contribution in [0.2, 0.25) is 0 Å². The molecule has 0 fully saturated rings. The van der Waals surface area contributed by atoms with E-state index in [9.17, 15) is 10.5 Å². The molecule has 51 heavy (non-hydrogen) atoms. The minimum Gasteiger partial charge on any atom is -0.310 e. The first-order valence-corrected chi connectivity index (χ1v) is 16.8. The highest BCUT2D eigenvalue weighted by molar-refractivity contribution is 6.10. The summed E-state index contributed by atoms with van der Waals surface area (Å²) in [6, 6.07) is 54.0. The molecule has 0 aliphatic rings. The summed E-state index contributed by atoms with van der Waals surface area (Å²) in [5.74, 6) is 1.53. The van der Waals surface area contributed by atoms with E-state index in [1.54, 1.807) is 0 Å². The molecule has 0 radical (unpaired) electrons. The second-order valence-corrected chi connectivity index (χ2v) is 12.9. The third kappa shape index (κ3) is 4.90. The predicted molar refractivity (Wildman–Crippen MR) is 207 cm³/mol. The van der Waals surface area contributed by atoms with Crippen molar-refractivity contribution in [1.29, 1.82) is 10.5 Å². The fourth-order valence-corrected chi connectivity index (χ4v) is 7.33. The van der Waals surface area contributed by atoms with Crippen LogP contribution in [0.25, 0.3) is 55.2 Å². The molecule has 0 aliphatic heterocycles. The normalized spacial score (nSPS) is 11.3. The number of aryl methyl sites for hydroxylation is 2. The zero-order valence-electron chi connectivity index (χ0n) is 28.0. The van der Waals surface area contributed by atoms with Crippen molar-refractivity contribution >= 4 is 60.7 Å². The molecule has 6 aromatic carbocycles. The van der Waals surface area contributed by atoms with Gasteiger partial charge in [0.15, 0.2) is 0 Å². The minimum absolute atomic E-state index is 0.579. The molecule has 0 aliphatic carbocycles. The van der Waals surface area contributed by atoms with E-state index >= 15 is 0 Å². The number of fused-ring (bicyclic) bond motifs is 6. The van der Waals surface area contributed by atoms with Crippen molar-refractivity contribution < 1.29 is 0 Å².